The van der Waals surface area contributed by atoms with Crippen LogP contribution in [-0.4, -0.2) is 16.2 Å². The maximum absolute atomic E-state index is 4.32. The Morgan fingerprint density at radius 3 is 2.81 bits per heavy atom. The van der Waals surface area contributed by atoms with Gasteiger partial charge in [-0.2, -0.15) is 0 Å². The molecule has 3 rings (SSSR count). The zero-order chi connectivity index (χ0) is 14.7. The molecule has 1 aromatic carbocycles. The molecule has 1 atom stereocenters. The van der Waals surface area contributed by atoms with Crippen LogP contribution in [0.2, 0.25) is 0 Å². The highest BCUT2D eigenvalue weighted by Gasteiger charge is 2.08. The fourth-order valence-corrected chi connectivity index (χ4v) is 2.84. The zero-order valence-electron chi connectivity index (χ0n) is 12.3. The molecule has 0 amide bonds. The highest BCUT2D eigenvalue weighted by atomic mass is 32.2. The lowest BCUT2D eigenvalue weighted by Gasteiger charge is -2.14. The van der Waals surface area contributed by atoms with Crippen molar-refractivity contribution >= 4 is 22.8 Å². The van der Waals surface area contributed by atoms with Gasteiger partial charge in [0.1, 0.15) is 5.65 Å². The van der Waals surface area contributed by atoms with Crippen molar-refractivity contribution in [2.24, 2.45) is 0 Å². The highest BCUT2D eigenvalue weighted by Crippen LogP contribution is 2.20. The van der Waals surface area contributed by atoms with Crippen molar-refractivity contribution in [1.29, 1.82) is 0 Å². The molecule has 2 aromatic heterocycles. The number of pyridine rings is 1. The summed E-state index contributed by atoms with van der Waals surface area (Å²) in [6.45, 7) is 3.03. The first-order valence-electron chi connectivity index (χ1n) is 7.06. The number of fused-ring (bicyclic) bond motifs is 1. The van der Waals surface area contributed by atoms with Gasteiger partial charge in [-0.1, -0.05) is 12.1 Å². The number of benzene rings is 1. The van der Waals surface area contributed by atoms with E-state index in [1.165, 1.54) is 21.4 Å². The van der Waals surface area contributed by atoms with Crippen LogP contribution in [0.15, 0.2) is 53.7 Å². The second-order valence-corrected chi connectivity index (χ2v) is 5.97. The van der Waals surface area contributed by atoms with Crippen LogP contribution >= 0.6 is 11.8 Å². The summed E-state index contributed by atoms with van der Waals surface area (Å²) in [4.78, 5) is 8.83. The van der Waals surface area contributed by atoms with Crippen LogP contribution in [0, 0.1) is 0 Å². The number of nitrogens with one attached hydrogen (secondary N) is 2. The van der Waals surface area contributed by atoms with Gasteiger partial charge >= 0.3 is 0 Å². The van der Waals surface area contributed by atoms with Crippen LogP contribution in [0.1, 0.15) is 24.1 Å². The van der Waals surface area contributed by atoms with Crippen molar-refractivity contribution in [2.75, 3.05) is 6.26 Å². The van der Waals surface area contributed by atoms with E-state index in [0.717, 1.165) is 12.2 Å². The third-order valence-electron chi connectivity index (χ3n) is 3.75. The molecule has 0 radical (unpaired) electrons. The van der Waals surface area contributed by atoms with Crippen molar-refractivity contribution in [3.63, 3.8) is 0 Å². The Hall–Kier alpha value is -1.78. The van der Waals surface area contributed by atoms with Crippen LogP contribution < -0.4 is 5.32 Å². The van der Waals surface area contributed by atoms with E-state index in [9.17, 15) is 0 Å². The summed E-state index contributed by atoms with van der Waals surface area (Å²) in [5.41, 5.74) is 3.52. The Kier molecular flexibility index (Phi) is 4.27. The lowest BCUT2D eigenvalue weighted by atomic mass is 10.1. The topological polar surface area (TPSA) is 40.7 Å². The largest absolute Gasteiger partial charge is 0.346 e. The number of hydrogen-bond donors (Lipinski definition) is 2. The number of H-pyrrole nitrogens is 1. The van der Waals surface area contributed by atoms with Crippen LogP contribution in [0.5, 0.6) is 0 Å². The van der Waals surface area contributed by atoms with Gasteiger partial charge in [-0.3, -0.25) is 0 Å². The number of hydrogen-bond acceptors (Lipinski definition) is 3. The van der Waals surface area contributed by atoms with Crippen LogP contribution in [0.25, 0.3) is 11.0 Å². The molecule has 0 spiro atoms. The van der Waals surface area contributed by atoms with Gasteiger partial charge in [-0.05, 0) is 48.6 Å². The molecule has 0 saturated heterocycles. The number of aromatic nitrogens is 2. The van der Waals surface area contributed by atoms with Gasteiger partial charge in [0.25, 0.3) is 0 Å². The summed E-state index contributed by atoms with van der Waals surface area (Å²) < 4.78 is 0. The van der Waals surface area contributed by atoms with Gasteiger partial charge in [-0.15, -0.1) is 11.8 Å². The van der Waals surface area contributed by atoms with Gasteiger partial charge in [-0.25, -0.2) is 4.98 Å². The molecule has 2 N–H and O–H groups in total. The zero-order valence-corrected chi connectivity index (χ0v) is 13.1. The molecule has 3 nitrogen and oxygen atoms in total. The highest BCUT2D eigenvalue weighted by molar-refractivity contribution is 7.98. The van der Waals surface area contributed by atoms with Crippen molar-refractivity contribution < 1.29 is 0 Å². The van der Waals surface area contributed by atoms with Crippen LogP contribution in [0.3, 0.4) is 0 Å². The van der Waals surface area contributed by atoms with E-state index in [1.54, 1.807) is 11.8 Å². The fraction of sp³-hybridized carbons (Fsp3) is 0.235. The van der Waals surface area contributed by atoms with E-state index in [4.69, 9.17) is 0 Å². The second-order valence-electron chi connectivity index (χ2n) is 5.09. The number of nitrogens with zero attached hydrogens (tertiary/aromatic N) is 1. The first-order chi connectivity index (χ1) is 10.3. The van der Waals surface area contributed by atoms with E-state index in [-0.39, 0.29) is 0 Å². The molecule has 108 valence electrons. The van der Waals surface area contributed by atoms with E-state index >= 15 is 0 Å². The molecule has 0 bridgehead atoms. The average molecular weight is 297 g/mol. The lowest BCUT2D eigenvalue weighted by molar-refractivity contribution is 0.576. The molecule has 21 heavy (non-hydrogen) atoms. The monoisotopic (exact) mass is 297 g/mol. The molecular formula is C17H19N3S. The summed E-state index contributed by atoms with van der Waals surface area (Å²) in [7, 11) is 0. The molecule has 0 aliphatic carbocycles. The minimum Gasteiger partial charge on any atom is -0.346 e. The Morgan fingerprint density at radius 2 is 2.05 bits per heavy atom. The molecule has 0 aliphatic rings. The summed E-state index contributed by atoms with van der Waals surface area (Å²) in [5.74, 6) is 0. The van der Waals surface area contributed by atoms with E-state index in [0.29, 0.717) is 6.04 Å². The first-order valence-corrected chi connectivity index (χ1v) is 8.28. The maximum Gasteiger partial charge on any atom is 0.137 e. The third-order valence-corrected chi connectivity index (χ3v) is 4.49. The quantitative estimate of drug-likeness (QED) is 0.696. The van der Waals surface area contributed by atoms with E-state index in [2.05, 4.69) is 58.8 Å². The Balaban J connectivity index is 1.68. The van der Waals surface area contributed by atoms with Crippen LogP contribution in [-0.2, 0) is 6.54 Å². The molecule has 0 aliphatic heterocycles. The summed E-state index contributed by atoms with van der Waals surface area (Å²) in [5, 5.41) is 4.77. The molecule has 4 heteroatoms. The average Bonchev–Trinajstić information content (AvgIpc) is 2.96. The van der Waals surface area contributed by atoms with E-state index < -0.39 is 0 Å². The molecule has 1 unspecified atom stereocenters. The van der Waals surface area contributed by atoms with Crippen LogP contribution in [0.4, 0.5) is 0 Å². The minimum absolute atomic E-state index is 0.322. The number of thioether (sulfide) groups is 1. The summed E-state index contributed by atoms with van der Waals surface area (Å²) in [6, 6.07) is 13.1. The third kappa shape index (κ3) is 3.12. The van der Waals surface area contributed by atoms with E-state index in [1.807, 2.05) is 18.5 Å². The van der Waals surface area contributed by atoms with Gasteiger partial charge in [0, 0.05) is 35.3 Å². The summed E-state index contributed by atoms with van der Waals surface area (Å²) in [6.07, 6.45) is 5.95. The Labute approximate surface area is 129 Å². The second kappa shape index (κ2) is 6.33. The van der Waals surface area contributed by atoms with Crippen molar-refractivity contribution in [2.45, 2.75) is 24.4 Å². The standard InChI is InChI=1S/C17H19N3S/c1-12(13-5-7-15(21-2)8-6-13)19-10-14-11-20-17-16(14)4-3-9-18-17/h3-9,11-12,19H,10H2,1-2H3,(H,18,20). The maximum atomic E-state index is 4.32. The predicted octanol–water partition coefficient (Wildman–Crippen LogP) is 4.14. The lowest BCUT2D eigenvalue weighted by Crippen LogP contribution is -2.17. The number of rotatable bonds is 5. The molecule has 0 fully saturated rings. The molecule has 0 saturated carbocycles. The molecular weight excluding hydrogens is 278 g/mol. The predicted molar refractivity (Wildman–Crippen MR) is 89.6 cm³/mol. The summed E-state index contributed by atoms with van der Waals surface area (Å²) >= 11 is 1.77. The molecule has 2 heterocycles. The van der Waals surface area contributed by atoms with Crippen molar-refractivity contribution in [1.82, 2.24) is 15.3 Å². The van der Waals surface area contributed by atoms with Gasteiger partial charge in [0.2, 0.25) is 0 Å². The SMILES string of the molecule is CSc1ccc(C(C)NCc2c[nH]c3ncccc23)cc1. The van der Waals surface area contributed by atoms with Crippen molar-refractivity contribution in [3.8, 4) is 0 Å². The van der Waals surface area contributed by atoms with Gasteiger partial charge in [0.15, 0.2) is 0 Å². The van der Waals surface area contributed by atoms with Gasteiger partial charge < -0.3 is 10.3 Å². The normalized spacial score (nSPS) is 12.7. The van der Waals surface area contributed by atoms with Gasteiger partial charge in [0.05, 0.1) is 0 Å². The Bertz CT molecular complexity index is 718. The van der Waals surface area contributed by atoms with Crippen molar-refractivity contribution in [3.05, 3.63) is 59.9 Å². The minimum atomic E-state index is 0.322. The Morgan fingerprint density at radius 1 is 1.24 bits per heavy atom. The first kappa shape index (κ1) is 14.2. The fourth-order valence-electron chi connectivity index (χ4n) is 2.43. The number of aromatic amines is 1. The smallest absolute Gasteiger partial charge is 0.137 e. The molecule has 3 aromatic rings.